The minimum atomic E-state index is -0.457. The molecular weight excluding hydrogens is 374 g/mol. The fourth-order valence-corrected chi connectivity index (χ4v) is 2.77. The van der Waals surface area contributed by atoms with Crippen LogP contribution in [0.1, 0.15) is 27.3 Å². The zero-order valence-electron chi connectivity index (χ0n) is 15.1. The van der Waals surface area contributed by atoms with E-state index in [2.05, 4.69) is 20.6 Å². The van der Waals surface area contributed by atoms with Gasteiger partial charge in [-0.1, -0.05) is 52.9 Å². The van der Waals surface area contributed by atoms with Gasteiger partial charge in [0.25, 0.3) is 5.69 Å². The van der Waals surface area contributed by atoms with Gasteiger partial charge in [0.1, 0.15) is 0 Å². The second-order valence-corrected chi connectivity index (χ2v) is 6.34. The van der Waals surface area contributed by atoms with E-state index >= 15 is 0 Å². The lowest BCUT2D eigenvalue weighted by atomic mass is 10.2. The predicted octanol–water partition coefficient (Wildman–Crippen LogP) is 2.11. The number of nitrogens with zero attached hydrogens (tertiary/aromatic N) is 7. The number of nitro benzene ring substituents is 1. The molecule has 0 saturated carbocycles. The number of non-ortho nitro benzene ring substituents is 1. The summed E-state index contributed by atoms with van der Waals surface area (Å²) < 4.78 is 3.08. The van der Waals surface area contributed by atoms with Gasteiger partial charge in [-0.2, -0.15) is 0 Å². The number of rotatable bonds is 7. The van der Waals surface area contributed by atoms with Crippen molar-refractivity contribution in [2.45, 2.75) is 13.1 Å². The fourth-order valence-electron chi connectivity index (χ4n) is 2.77. The minimum absolute atomic E-state index is 0.0156. The van der Waals surface area contributed by atoms with Crippen molar-refractivity contribution < 1.29 is 9.72 Å². The molecule has 2 heterocycles. The lowest BCUT2D eigenvalue weighted by molar-refractivity contribution is -0.384. The number of carbonyl (C=O) groups excluding carboxylic acids is 1. The van der Waals surface area contributed by atoms with Crippen molar-refractivity contribution in [3.8, 4) is 0 Å². The second kappa shape index (κ2) is 7.80. The first-order valence-corrected chi connectivity index (χ1v) is 8.71. The lowest BCUT2D eigenvalue weighted by Gasteiger charge is -2.00. The predicted molar refractivity (Wildman–Crippen MR) is 101 cm³/mol. The second-order valence-electron chi connectivity index (χ2n) is 6.34. The Labute approximate surface area is 164 Å². The number of hydrogen-bond acceptors (Lipinski definition) is 7. The first kappa shape index (κ1) is 18.2. The number of nitro groups is 1. The molecule has 0 N–H and O–H groups in total. The molecule has 10 heteroatoms. The van der Waals surface area contributed by atoms with E-state index in [1.165, 1.54) is 23.0 Å². The van der Waals surface area contributed by atoms with Gasteiger partial charge in [0.2, 0.25) is 5.78 Å². The van der Waals surface area contributed by atoms with E-state index in [1.807, 2.05) is 30.3 Å². The largest absolute Gasteiger partial charge is 0.285 e. The van der Waals surface area contributed by atoms with Crippen molar-refractivity contribution in [1.82, 2.24) is 30.0 Å². The maximum Gasteiger partial charge on any atom is 0.269 e. The van der Waals surface area contributed by atoms with Crippen LogP contribution in [0.25, 0.3) is 0 Å². The Kier molecular flexibility index (Phi) is 4.89. The Morgan fingerprint density at radius 3 is 1.86 bits per heavy atom. The molecule has 0 bridgehead atoms. The van der Waals surface area contributed by atoms with Crippen molar-refractivity contribution >= 4 is 11.5 Å². The zero-order chi connectivity index (χ0) is 20.2. The van der Waals surface area contributed by atoms with Crippen LogP contribution in [0.2, 0.25) is 0 Å². The topological polar surface area (TPSA) is 122 Å². The smallest absolute Gasteiger partial charge is 0.269 e. The van der Waals surface area contributed by atoms with E-state index in [0.717, 1.165) is 11.1 Å². The first-order valence-electron chi connectivity index (χ1n) is 8.71. The molecule has 0 aliphatic heterocycles. The van der Waals surface area contributed by atoms with Crippen LogP contribution in [0.3, 0.4) is 0 Å². The van der Waals surface area contributed by atoms with Crippen molar-refractivity contribution in [2.24, 2.45) is 0 Å². The maximum atomic E-state index is 12.6. The van der Waals surface area contributed by atoms with Crippen LogP contribution < -0.4 is 0 Å². The van der Waals surface area contributed by atoms with Gasteiger partial charge in [0.05, 0.1) is 30.4 Å². The number of ketones is 1. The average Bonchev–Trinajstić information content (AvgIpc) is 3.38. The van der Waals surface area contributed by atoms with Crippen molar-refractivity contribution in [2.75, 3.05) is 0 Å². The molecule has 10 nitrogen and oxygen atoms in total. The van der Waals surface area contributed by atoms with Crippen molar-refractivity contribution in [3.63, 3.8) is 0 Å². The molecule has 144 valence electrons. The van der Waals surface area contributed by atoms with E-state index in [1.54, 1.807) is 23.0 Å². The highest BCUT2D eigenvalue weighted by Gasteiger charge is 2.17. The molecule has 0 saturated heterocycles. The standard InChI is InChI=1S/C19H15N7O3/c27-19(17-12-24(22-20-17)10-14-4-2-1-3-5-14)18-13-25(23-21-18)11-15-6-8-16(9-7-15)26(28)29/h1-9,12-13H,10-11H2. The summed E-state index contributed by atoms with van der Waals surface area (Å²) in [5, 5.41) is 26.5. The third kappa shape index (κ3) is 4.21. The number of carbonyl (C=O) groups is 1. The Bertz CT molecular complexity index is 1150. The van der Waals surface area contributed by atoms with Crippen molar-refractivity contribution in [1.29, 1.82) is 0 Å². The SMILES string of the molecule is O=C(c1cn(Cc2ccccc2)nn1)c1cn(Cc2ccc([N+](=O)[O-])cc2)nn1. The molecule has 29 heavy (non-hydrogen) atoms. The summed E-state index contributed by atoms with van der Waals surface area (Å²) in [6.07, 6.45) is 3.09. The van der Waals surface area contributed by atoms with E-state index in [4.69, 9.17) is 0 Å². The van der Waals surface area contributed by atoms with Crippen molar-refractivity contribution in [3.05, 3.63) is 99.6 Å². The summed E-state index contributed by atoms with van der Waals surface area (Å²) in [7, 11) is 0. The van der Waals surface area contributed by atoms with Gasteiger partial charge in [0.15, 0.2) is 11.4 Å². The van der Waals surface area contributed by atoms with Gasteiger partial charge in [0, 0.05) is 12.1 Å². The van der Waals surface area contributed by atoms with Gasteiger partial charge in [-0.15, -0.1) is 10.2 Å². The van der Waals surface area contributed by atoms with Crippen LogP contribution in [0.4, 0.5) is 5.69 Å². The van der Waals surface area contributed by atoms with E-state index in [9.17, 15) is 14.9 Å². The molecule has 0 atom stereocenters. The molecule has 0 fully saturated rings. The Morgan fingerprint density at radius 1 is 0.828 bits per heavy atom. The first-order chi connectivity index (χ1) is 14.1. The number of aromatic nitrogens is 6. The van der Waals surface area contributed by atoms with Gasteiger partial charge < -0.3 is 0 Å². The molecule has 0 aliphatic carbocycles. The summed E-state index contributed by atoms with van der Waals surface area (Å²) in [5.74, 6) is -0.376. The Morgan fingerprint density at radius 2 is 1.34 bits per heavy atom. The van der Waals surface area contributed by atoms with Crippen LogP contribution in [-0.4, -0.2) is 40.7 Å². The van der Waals surface area contributed by atoms with Crippen LogP contribution in [0, 0.1) is 10.1 Å². The molecule has 0 radical (unpaired) electrons. The molecule has 4 aromatic rings. The van der Waals surface area contributed by atoms with E-state index < -0.39 is 4.92 Å². The van der Waals surface area contributed by atoms with Gasteiger partial charge in [-0.05, 0) is 11.1 Å². The highest BCUT2D eigenvalue weighted by molar-refractivity contribution is 6.05. The van der Waals surface area contributed by atoms with E-state index in [0.29, 0.717) is 13.1 Å². The summed E-state index contributed by atoms with van der Waals surface area (Å²) in [6.45, 7) is 0.840. The Balaban J connectivity index is 1.44. The van der Waals surface area contributed by atoms with Gasteiger partial charge in [-0.25, -0.2) is 9.36 Å². The van der Waals surface area contributed by atoms with E-state index in [-0.39, 0.29) is 22.9 Å². The normalized spacial score (nSPS) is 10.8. The monoisotopic (exact) mass is 389 g/mol. The van der Waals surface area contributed by atoms with Crippen LogP contribution in [0.15, 0.2) is 67.0 Å². The highest BCUT2D eigenvalue weighted by Crippen LogP contribution is 2.13. The molecule has 0 spiro atoms. The van der Waals surface area contributed by atoms with Crippen LogP contribution in [-0.2, 0) is 13.1 Å². The fraction of sp³-hybridized carbons (Fsp3) is 0.105. The molecule has 2 aromatic carbocycles. The average molecular weight is 389 g/mol. The summed E-state index contributed by atoms with van der Waals surface area (Å²) >= 11 is 0. The highest BCUT2D eigenvalue weighted by atomic mass is 16.6. The third-order valence-corrected chi connectivity index (χ3v) is 4.22. The molecule has 0 amide bonds. The third-order valence-electron chi connectivity index (χ3n) is 4.22. The summed E-state index contributed by atoms with van der Waals surface area (Å²) in [5.41, 5.74) is 2.20. The molecular formula is C19H15N7O3. The molecule has 0 unspecified atom stereocenters. The number of benzene rings is 2. The molecule has 2 aromatic heterocycles. The zero-order valence-corrected chi connectivity index (χ0v) is 15.1. The minimum Gasteiger partial charge on any atom is -0.285 e. The van der Waals surface area contributed by atoms with Crippen LogP contribution in [0.5, 0.6) is 0 Å². The quantitative estimate of drug-likeness (QED) is 0.269. The summed E-state index contributed by atoms with van der Waals surface area (Å²) in [6, 6.07) is 15.8. The summed E-state index contributed by atoms with van der Waals surface area (Å²) in [4.78, 5) is 22.8. The number of hydrogen-bond donors (Lipinski definition) is 0. The van der Waals surface area contributed by atoms with Gasteiger partial charge in [-0.3, -0.25) is 14.9 Å². The van der Waals surface area contributed by atoms with Gasteiger partial charge >= 0.3 is 0 Å². The Hall–Kier alpha value is -4.21. The lowest BCUT2D eigenvalue weighted by Crippen LogP contribution is -2.03. The molecule has 4 rings (SSSR count). The maximum absolute atomic E-state index is 12.6. The molecule has 0 aliphatic rings. The van der Waals surface area contributed by atoms with Crippen LogP contribution >= 0.6 is 0 Å².